The summed E-state index contributed by atoms with van der Waals surface area (Å²) in [6, 6.07) is 7.84. The Kier molecular flexibility index (Phi) is 10.7. The van der Waals surface area contributed by atoms with Crippen molar-refractivity contribution in [2.45, 2.75) is 26.2 Å². The molecule has 1 heterocycles. The van der Waals surface area contributed by atoms with Crippen LogP contribution in [0.3, 0.4) is 0 Å². The summed E-state index contributed by atoms with van der Waals surface area (Å²) >= 11 is 0. The molecule has 0 spiro atoms. The molecule has 0 aromatic heterocycles. The third-order valence-corrected chi connectivity index (χ3v) is 5.62. The number of carbonyl (C=O) groups excluding carboxylic acids is 1. The lowest BCUT2D eigenvalue weighted by Gasteiger charge is -2.34. The van der Waals surface area contributed by atoms with Gasteiger partial charge in [0, 0.05) is 66.0 Å². The van der Waals surface area contributed by atoms with Crippen molar-refractivity contribution in [2.24, 2.45) is 4.99 Å². The van der Waals surface area contributed by atoms with Crippen LogP contribution in [0.2, 0.25) is 0 Å². The smallest absolute Gasteiger partial charge is 0.253 e. The number of amides is 1. The van der Waals surface area contributed by atoms with E-state index in [4.69, 9.17) is 0 Å². The molecule has 0 bridgehead atoms. The highest BCUT2D eigenvalue weighted by atomic mass is 16.2. The normalized spacial score (nSPS) is 15.8. The molecule has 30 heavy (non-hydrogen) atoms. The van der Waals surface area contributed by atoms with Crippen LogP contribution in [0.4, 0.5) is 0 Å². The van der Waals surface area contributed by atoms with Crippen molar-refractivity contribution < 1.29 is 4.79 Å². The Morgan fingerprint density at radius 2 is 1.77 bits per heavy atom. The van der Waals surface area contributed by atoms with Gasteiger partial charge in [0.2, 0.25) is 0 Å². The Labute approximate surface area is 182 Å². The van der Waals surface area contributed by atoms with E-state index in [1.807, 2.05) is 18.2 Å². The van der Waals surface area contributed by atoms with E-state index in [9.17, 15) is 4.79 Å². The lowest BCUT2D eigenvalue weighted by Crippen LogP contribution is -2.46. The number of piperazine rings is 1. The maximum absolute atomic E-state index is 12.1. The van der Waals surface area contributed by atoms with Crippen molar-refractivity contribution in [1.82, 2.24) is 25.3 Å². The summed E-state index contributed by atoms with van der Waals surface area (Å²) in [6.07, 6.45) is 3.20. The van der Waals surface area contributed by atoms with E-state index in [1.165, 1.54) is 45.7 Å². The Hall–Kier alpha value is -2.12. The van der Waals surface area contributed by atoms with Gasteiger partial charge in [-0.1, -0.05) is 19.1 Å². The highest BCUT2D eigenvalue weighted by molar-refractivity contribution is 5.94. The zero-order valence-electron chi connectivity index (χ0n) is 19.3. The molecule has 1 amide bonds. The zero-order chi connectivity index (χ0) is 21.8. The number of unbranched alkanes of at least 4 members (excludes halogenated alkanes) is 1. The van der Waals surface area contributed by atoms with Crippen molar-refractivity contribution in [3.63, 3.8) is 0 Å². The first-order chi connectivity index (χ1) is 14.5. The van der Waals surface area contributed by atoms with Crippen molar-refractivity contribution in [3.05, 3.63) is 35.4 Å². The molecule has 1 aliphatic rings. The van der Waals surface area contributed by atoms with Crippen LogP contribution in [-0.2, 0) is 6.42 Å². The van der Waals surface area contributed by atoms with E-state index in [-0.39, 0.29) is 5.91 Å². The number of nitrogens with zero attached hydrogens (tertiary/aromatic N) is 4. The molecular formula is C23H40N6O. The van der Waals surface area contributed by atoms with Gasteiger partial charge in [0.05, 0.1) is 0 Å². The summed E-state index contributed by atoms with van der Waals surface area (Å²) in [7, 11) is 5.36. The number of hydrogen-bond donors (Lipinski definition) is 2. The molecule has 2 N–H and O–H groups in total. The average molecular weight is 417 g/mol. The predicted octanol–water partition coefficient (Wildman–Crippen LogP) is 1.51. The molecule has 0 atom stereocenters. The molecular weight excluding hydrogens is 376 g/mol. The van der Waals surface area contributed by atoms with Gasteiger partial charge in [-0.15, -0.1) is 0 Å². The molecule has 1 aromatic carbocycles. The van der Waals surface area contributed by atoms with E-state index in [0.717, 1.165) is 43.0 Å². The van der Waals surface area contributed by atoms with Crippen LogP contribution in [0.15, 0.2) is 29.3 Å². The largest absolute Gasteiger partial charge is 0.356 e. The minimum absolute atomic E-state index is 0.0366. The van der Waals surface area contributed by atoms with Gasteiger partial charge < -0.3 is 25.3 Å². The van der Waals surface area contributed by atoms with Gasteiger partial charge in [-0.3, -0.25) is 9.79 Å². The summed E-state index contributed by atoms with van der Waals surface area (Å²) in [5.74, 6) is 0.876. The highest BCUT2D eigenvalue weighted by Crippen LogP contribution is 2.08. The Morgan fingerprint density at radius 3 is 2.43 bits per heavy atom. The number of nitrogens with one attached hydrogen (secondary N) is 2. The van der Waals surface area contributed by atoms with Crippen LogP contribution in [0.1, 0.15) is 35.7 Å². The van der Waals surface area contributed by atoms with Gasteiger partial charge in [0.1, 0.15) is 0 Å². The van der Waals surface area contributed by atoms with Crippen LogP contribution in [0.25, 0.3) is 0 Å². The fraction of sp³-hybridized carbons (Fsp3) is 0.652. The molecule has 1 aromatic rings. The van der Waals surface area contributed by atoms with Gasteiger partial charge in [0.25, 0.3) is 5.91 Å². The second-order valence-electron chi connectivity index (χ2n) is 8.06. The van der Waals surface area contributed by atoms with Crippen molar-refractivity contribution >= 4 is 11.9 Å². The number of aliphatic imine (C=N–C) groups is 1. The molecule has 7 nitrogen and oxygen atoms in total. The predicted molar refractivity (Wildman–Crippen MR) is 125 cm³/mol. The van der Waals surface area contributed by atoms with E-state index in [1.54, 1.807) is 26.0 Å². The van der Waals surface area contributed by atoms with Gasteiger partial charge in [-0.25, -0.2) is 0 Å². The Morgan fingerprint density at radius 1 is 1.07 bits per heavy atom. The quantitative estimate of drug-likeness (QED) is 0.344. The standard InChI is InChI=1S/C23H40N6O/c1-5-28-15-17-29(18-16-28)14-7-6-12-25-23(24-2)26-13-11-20-9-8-10-21(19-20)22(30)27(3)4/h8-10,19H,5-7,11-18H2,1-4H3,(H2,24,25,26). The lowest BCUT2D eigenvalue weighted by molar-refractivity contribution is 0.0827. The van der Waals surface area contributed by atoms with Crippen LogP contribution >= 0.6 is 0 Å². The molecule has 0 saturated carbocycles. The number of rotatable bonds is 10. The molecule has 1 aliphatic heterocycles. The molecule has 1 saturated heterocycles. The van der Waals surface area contributed by atoms with Crippen LogP contribution in [0.5, 0.6) is 0 Å². The second kappa shape index (κ2) is 13.2. The Bertz CT molecular complexity index is 667. The highest BCUT2D eigenvalue weighted by Gasteiger charge is 2.14. The van der Waals surface area contributed by atoms with Crippen LogP contribution in [0, 0.1) is 0 Å². The lowest BCUT2D eigenvalue weighted by atomic mass is 10.1. The fourth-order valence-corrected chi connectivity index (χ4v) is 3.66. The minimum Gasteiger partial charge on any atom is -0.356 e. The SMILES string of the molecule is CCN1CCN(CCCCNC(=NC)NCCc2cccc(C(=O)N(C)C)c2)CC1. The molecule has 0 unspecified atom stereocenters. The topological polar surface area (TPSA) is 63.2 Å². The first-order valence-electron chi connectivity index (χ1n) is 11.2. The van der Waals surface area contributed by atoms with Crippen molar-refractivity contribution in [1.29, 1.82) is 0 Å². The van der Waals surface area contributed by atoms with Gasteiger partial charge in [-0.05, 0) is 50.0 Å². The number of likely N-dealkylation sites (N-methyl/N-ethyl adjacent to an activating group) is 1. The van der Waals surface area contributed by atoms with Crippen LogP contribution < -0.4 is 10.6 Å². The first kappa shape index (κ1) is 24.2. The maximum atomic E-state index is 12.1. The molecule has 168 valence electrons. The fourth-order valence-electron chi connectivity index (χ4n) is 3.66. The third-order valence-electron chi connectivity index (χ3n) is 5.62. The van der Waals surface area contributed by atoms with E-state index in [0.29, 0.717) is 0 Å². The van der Waals surface area contributed by atoms with Gasteiger partial charge in [0.15, 0.2) is 5.96 Å². The zero-order valence-corrected chi connectivity index (χ0v) is 19.3. The van der Waals surface area contributed by atoms with E-state index >= 15 is 0 Å². The molecule has 1 fully saturated rings. The van der Waals surface area contributed by atoms with E-state index < -0.39 is 0 Å². The summed E-state index contributed by atoms with van der Waals surface area (Å²) < 4.78 is 0. The summed E-state index contributed by atoms with van der Waals surface area (Å²) in [5.41, 5.74) is 1.88. The summed E-state index contributed by atoms with van der Waals surface area (Å²) in [5, 5.41) is 6.77. The molecule has 0 radical (unpaired) electrons. The van der Waals surface area contributed by atoms with Gasteiger partial charge >= 0.3 is 0 Å². The number of guanidine groups is 1. The average Bonchev–Trinajstić information content (AvgIpc) is 2.77. The second-order valence-corrected chi connectivity index (χ2v) is 8.06. The Balaban J connectivity index is 1.60. The van der Waals surface area contributed by atoms with Crippen molar-refractivity contribution in [3.8, 4) is 0 Å². The molecule has 2 rings (SSSR count). The number of benzene rings is 1. The number of hydrogen-bond acceptors (Lipinski definition) is 4. The summed E-state index contributed by atoms with van der Waals surface area (Å²) in [4.78, 5) is 23.1. The maximum Gasteiger partial charge on any atom is 0.253 e. The van der Waals surface area contributed by atoms with Gasteiger partial charge in [-0.2, -0.15) is 0 Å². The summed E-state index contributed by atoms with van der Waals surface area (Å²) in [6.45, 7) is 11.1. The monoisotopic (exact) mass is 416 g/mol. The van der Waals surface area contributed by atoms with E-state index in [2.05, 4.69) is 38.4 Å². The first-order valence-corrected chi connectivity index (χ1v) is 11.2. The molecule has 0 aliphatic carbocycles. The molecule has 7 heteroatoms. The van der Waals surface area contributed by atoms with Crippen molar-refractivity contribution in [2.75, 3.05) is 73.5 Å². The third kappa shape index (κ3) is 8.32. The minimum atomic E-state index is 0.0366. The number of carbonyl (C=O) groups is 1. The van der Waals surface area contributed by atoms with Crippen LogP contribution in [-0.4, -0.2) is 100 Å².